The lowest BCUT2D eigenvalue weighted by molar-refractivity contribution is 0.661. The lowest BCUT2D eigenvalue weighted by Gasteiger charge is -2.21. The van der Waals surface area contributed by atoms with Gasteiger partial charge in [-0.25, -0.2) is 0 Å². The molecule has 1 aliphatic rings. The molecule has 0 fully saturated rings. The normalized spacial score (nSPS) is 15.2. The highest BCUT2D eigenvalue weighted by Crippen LogP contribution is 2.47. The fourth-order valence-corrected chi connectivity index (χ4v) is 2.97. The number of fused-ring (bicyclic) bond motifs is 3. The van der Waals surface area contributed by atoms with Crippen LogP contribution in [-0.4, -0.2) is 7.28 Å². The molecule has 0 nitrogen and oxygen atoms in total. The molecule has 0 unspecified atom stereocenters. The van der Waals surface area contributed by atoms with Gasteiger partial charge in [0.25, 0.3) is 0 Å². The van der Waals surface area contributed by atoms with Gasteiger partial charge in [-0.2, -0.15) is 0 Å². The second kappa shape index (κ2) is 3.50. The molecule has 17 heavy (non-hydrogen) atoms. The third-order valence-electron chi connectivity index (χ3n) is 4.06. The van der Waals surface area contributed by atoms with E-state index in [0.29, 0.717) is 0 Å². The van der Waals surface area contributed by atoms with Crippen molar-refractivity contribution < 1.29 is 0 Å². The Morgan fingerprint density at radius 2 is 1.59 bits per heavy atom. The molecule has 0 saturated carbocycles. The van der Waals surface area contributed by atoms with Crippen LogP contribution in [0, 0.1) is 0 Å². The first-order chi connectivity index (χ1) is 8.14. The van der Waals surface area contributed by atoms with E-state index in [0.717, 1.165) is 7.28 Å². The molecule has 0 atom stereocenters. The smallest absolute Gasteiger partial charge is 0.0849 e. The molecule has 2 aromatic carbocycles. The number of rotatable bonds is 1. The van der Waals surface area contributed by atoms with Crippen molar-refractivity contribution >= 4 is 12.7 Å². The predicted octanol–water partition coefficient (Wildman–Crippen LogP) is 3.10. The van der Waals surface area contributed by atoms with E-state index in [9.17, 15) is 0 Å². The Kier molecular flexibility index (Phi) is 2.19. The maximum Gasteiger partial charge on any atom is 0.154 e. The minimum Gasteiger partial charge on any atom is -0.0849 e. The van der Waals surface area contributed by atoms with Crippen LogP contribution in [0.5, 0.6) is 0 Å². The van der Waals surface area contributed by atoms with Crippen molar-refractivity contribution in [2.24, 2.45) is 0 Å². The van der Waals surface area contributed by atoms with Crippen molar-refractivity contribution in [2.45, 2.75) is 26.1 Å². The molecule has 2 aromatic rings. The number of hydrogen-bond donors (Lipinski definition) is 0. The van der Waals surface area contributed by atoms with E-state index < -0.39 is 0 Å². The first-order valence-corrected chi connectivity index (χ1v) is 6.38. The minimum absolute atomic E-state index is 0.150. The van der Waals surface area contributed by atoms with E-state index in [1.807, 2.05) is 0 Å². The zero-order valence-corrected chi connectivity index (χ0v) is 10.7. The van der Waals surface area contributed by atoms with Crippen molar-refractivity contribution in [1.82, 2.24) is 0 Å². The molecule has 1 aliphatic carbocycles. The molecule has 84 valence electrons. The lowest BCUT2D eigenvalue weighted by atomic mass is 9.71. The van der Waals surface area contributed by atoms with Crippen LogP contribution in [0.1, 0.15) is 25.0 Å². The molecule has 0 saturated heterocycles. The quantitative estimate of drug-likeness (QED) is 0.648. The highest BCUT2D eigenvalue weighted by atomic mass is 14.4. The van der Waals surface area contributed by atoms with Gasteiger partial charge in [0.2, 0.25) is 0 Å². The number of benzene rings is 2. The van der Waals surface area contributed by atoms with Gasteiger partial charge in [0, 0.05) is 5.41 Å². The second-order valence-electron chi connectivity index (χ2n) is 5.40. The van der Waals surface area contributed by atoms with E-state index in [1.165, 1.54) is 27.7 Å². The molecule has 0 radical (unpaired) electrons. The molecule has 0 aliphatic heterocycles. The third-order valence-corrected chi connectivity index (χ3v) is 4.06. The fourth-order valence-electron chi connectivity index (χ4n) is 2.97. The topological polar surface area (TPSA) is 0 Å². The van der Waals surface area contributed by atoms with Crippen molar-refractivity contribution in [3.63, 3.8) is 0 Å². The maximum absolute atomic E-state index is 2.38. The molecular weight excluding hydrogens is 203 g/mol. The highest BCUT2D eigenvalue weighted by Gasteiger charge is 2.34. The first-order valence-electron chi connectivity index (χ1n) is 6.38. The average Bonchev–Trinajstić information content (AvgIpc) is 2.59. The van der Waals surface area contributed by atoms with Gasteiger partial charge in [0.1, 0.15) is 0 Å². The molecule has 0 spiro atoms. The molecule has 0 N–H and O–H groups in total. The van der Waals surface area contributed by atoms with Crippen molar-refractivity contribution in [2.75, 3.05) is 0 Å². The van der Waals surface area contributed by atoms with Crippen LogP contribution in [0.4, 0.5) is 0 Å². The molecule has 3 rings (SSSR count). The predicted molar refractivity (Wildman–Crippen MR) is 76.7 cm³/mol. The van der Waals surface area contributed by atoms with E-state index in [-0.39, 0.29) is 5.41 Å². The molecule has 0 aromatic heterocycles. The van der Waals surface area contributed by atoms with Crippen LogP contribution in [0.15, 0.2) is 42.5 Å². The summed E-state index contributed by atoms with van der Waals surface area (Å²) in [6.45, 7) is 6.88. The largest absolute Gasteiger partial charge is 0.154 e. The van der Waals surface area contributed by atoms with Crippen molar-refractivity contribution in [3.05, 3.63) is 53.6 Å². The van der Waals surface area contributed by atoms with Gasteiger partial charge in [-0.15, -0.1) is 0 Å². The van der Waals surface area contributed by atoms with Gasteiger partial charge in [-0.1, -0.05) is 68.6 Å². The summed E-state index contributed by atoms with van der Waals surface area (Å²) in [6.07, 6.45) is 0. The summed E-state index contributed by atoms with van der Waals surface area (Å²) in [6, 6.07) is 15.7. The molecule has 0 amide bonds. The Hall–Kier alpha value is -1.50. The molecule has 0 heterocycles. The maximum atomic E-state index is 2.38. The van der Waals surface area contributed by atoms with Crippen LogP contribution in [0.2, 0.25) is 6.82 Å². The summed E-state index contributed by atoms with van der Waals surface area (Å²) in [4.78, 5) is 0. The third kappa shape index (κ3) is 1.38. The van der Waals surface area contributed by atoms with Gasteiger partial charge in [-0.3, -0.25) is 0 Å². The van der Waals surface area contributed by atoms with Crippen LogP contribution in [0.3, 0.4) is 0 Å². The van der Waals surface area contributed by atoms with Crippen molar-refractivity contribution in [3.8, 4) is 11.1 Å². The van der Waals surface area contributed by atoms with Crippen LogP contribution >= 0.6 is 0 Å². The summed E-state index contributed by atoms with van der Waals surface area (Å²) in [7, 11) is 1.11. The molecular formula is C16H17B. The Labute approximate surface area is 104 Å². The Morgan fingerprint density at radius 3 is 2.35 bits per heavy atom. The SMILES string of the molecule is CBc1ccc2c(c1)C(C)(C)c1ccccc1-2. The minimum atomic E-state index is 0.150. The van der Waals surface area contributed by atoms with E-state index in [2.05, 4.69) is 63.1 Å². The summed E-state index contributed by atoms with van der Waals surface area (Å²) >= 11 is 0. The zero-order valence-electron chi connectivity index (χ0n) is 10.7. The van der Waals surface area contributed by atoms with Gasteiger partial charge in [-0.05, 0) is 22.3 Å². The Bertz CT molecular complexity index is 582. The summed E-state index contributed by atoms with van der Waals surface area (Å²) in [5.41, 5.74) is 7.36. The van der Waals surface area contributed by atoms with Gasteiger partial charge in [0.15, 0.2) is 7.28 Å². The second-order valence-corrected chi connectivity index (χ2v) is 5.40. The Balaban J connectivity index is 2.32. The fraction of sp³-hybridized carbons (Fsp3) is 0.250. The van der Waals surface area contributed by atoms with Gasteiger partial charge < -0.3 is 0 Å². The standard InChI is InChI=1S/C16H17B/c1-16(2)14-7-5-4-6-12(14)13-9-8-11(17-3)10-15(13)16/h4-10,17H,1-3H3. The molecule has 0 bridgehead atoms. The van der Waals surface area contributed by atoms with Crippen LogP contribution in [0.25, 0.3) is 11.1 Å². The van der Waals surface area contributed by atoms with Crippen LogP contribution < -0.4 is 5.46 Å². The summed E-state index contributed by atoms with van der Waals surface area (Å²) < 4.78 is 0. The monoisotopic (exact) mass is 220 g/mol. The van der Waals surface area contributed by atoms with E-state index in [4.69, 9.17) is 0 Å². The summed E-state index contributed by atoms with van der Waals surface area (Å²) in [5, 5.41) is 0. The highest BCUT2D eigenvalue weighted by molar-refractivity contribution is 6.52. The summed E-state index contributed by atoms with van der Waals surface area (Å²) in [5.74, 6) is 0. The molecule has 1 heteroatoms. The zero-order chi connectivity index (χ0) is 12.0. The average molecular weight is 220 g/mol. The lowest BCUT2D eigenvalue weighted by Crippen LogP contribution is -2.19. The Morgan fingerprint density at radius 1 is 0.882 bits per heavy atom. The van der Waals surface area contributed by atoms with Crippen molar-refractivity contribution in [1.29, 1.82) is 0 Å². The number of hydrogen-bond acceptors (Lipinski definition) is 0. The van der Waals surface area contributed by atoms with Gasteiger partial charge in [0.05, 0.1) is 0 Å². The first kappa shape index (κ1) is 10.6. The van der Waals surface area contributed by atoms with Crippen LogP contribution in [-0.2, 0) is 5.41 Å². The van der Waals surface area contributed by atoms with E-state index >= 15 is 0 Å². The van der Waals surface area contributed by atoms with E-state index in [1.54, 1.807) is 0 Å². The van der Waals surface area contributed by atoms with Gasteiger partial charge >= 0.3 is 0 Å².